The fourth-order valence-corrected chi connectivity index (χ4v) is 2.10. The van der Waals surface area contributed by atoms with Crippen LogP contribution in [0.4, 0.5) is 11.4 Å². The van der Waals surface area contributed by atoms with E-state index < -0.39 is 10.9 Å². The number of unbranched alkanes of at least 4 members (excludes halogenated alkanes) is 5. The SMILES string of the molecule is CCCCCCCCNc1cc(C(=O)O)ccc1[N+](=O)[O-]. The van der Waals surface area contributed by atoms with Gasteiger partial charge in [-0.2, -0.15) is 0 Å². The Bertz CT molecular complexity index is 489. The van der Waals surface area contributed by atoms with Crippen molar-refractivity contribution in [3.8, 4) is 0 Å². The molecule has 6 heteroatoms. The molecule has 0 aliphatic carbocycles. The number of carbonyl (C=O) groups is 1. The van der Waals surface area contributed by atoms with Gasteiger partial charge in [0.1, 0.15) is 5.69 Å². The van der Waals surface area contributed by atoms with E-state index in [-0.39, 0.29) is 16.9 Å². The molecule has 1 aromatic rings. The van der Waals surface area contributed by atoms with Crippen LogP contribution in [-0.2, 0) is 0 Å². The summed E-state index contributed by atoms with van der Waals surface area (Å²) in [5, 5.41) is 22.8. The normalized spacial score (nSPS) is 10.3. The van der Waals surface area contributed by atoms with Crippen LogP contribution in [0.15, 0.2) is 18.2 Å². The second kappa shape index (κ2) is 8.94. The van der Waals surface area contributed by atoms with Crippen LogP contribution in [-0.4, -0.2) is 22.5 Å². The Morgan fingerprint density at radius 1 is 1.24 bits per heavy atom. The van der Waals surface area contributed by atoms with E-state index in [2.05, 4.69) is 12.2 Å². The summed E-state index contributed by atoms with van der Waals surface area (Å²) in [7, 11) is 0. The Hall–Kier alpha value is -2.11. The van der Waals surface area contributed by atoms with Crippen molar-refractivity contribution in [2.24, 2.45) is 0 Å². The van der Waals surface area contributed by atoms with Gasteiger partial charge in [-0.15, -0.1) is 0 Å². The number of nitrogens with zero attached hydrogens (tertiary/aromatic N) is 1. The lowest BCUT2D eigenvalue weighted by Crippen LogP contribution is -2.06. The number of aromatic carboxylic acids is 1. The molecule has 0 bridgehead atoms. The third-order valence-corrected chi connectivity index (χ3v) is 3.29. The van der Waals surface area contributed by atoms with E-state index in [1.165, 1.54) is 37.5 Å². The van der Waals surface area contributed by atoms with Gasteiger partial charge < -0.3 is 10.4 Å². The fraction of sp³-hybridized carbons (Fsp3) is 0.533. The zero-order valence-corrected chi connectivity index (χ0v) is 12.3. The minimum atomic E-state index is -1.09. The van der Waals surface area contributed by atoms with Gasteiger partial charge in [-0.3, -0.25) is 10.1 Å². The first-order chi connectivity index (χ1) is 10.1. The Morgan fingerprint density at radius 3 is 2.52 bits per heavy atom. The maximum Gasteiger partial charge on any atom is 0.335 e. The van der Waals surface area contributed by atoms with Crippen molar-refractivity contribution in [3.63, 3.8) is 0 Å². The molecule has 6 nitrogen and oxygen atoms in total. The van der Waals surface area contributed by atoms with Crippen molar-refractivity contribution in [2.45, 2.75) is 45.4 Å². The molecule has 0 saturated carbocycles. The first-order valence-corrected chi connectivity index (χ1v) is 7.32. The standard InChI is InChI=1S/C15H22N2O4/c1-2-3-4-5-6-7-10-16-13-11-12(15(18)19)8-9-14(13)17(20)21/h8-9,11,16H,2-7,10H2,1H3,(H,18,19). The van der Waals surface area contributed by atoms with Crippen LogP contribution in [0.2, 0.25) is 0 Å². The van der Waals surface area contributed by atoms with Crippen molar-refractivity contribution >= 4 is 17.3 Å². The molecule has 0 aliphatic rings. The van der Waals surface area contributed by atoms with Crippen LogP contribution >= 0.6 is 0 Å². The van der Waals surface area contributed by atoms with E-state index in [0.717, 1.165) is 19.3 Å². The van der Waals surface area contributed by atoms with E-state index in [9.17, 15) is 14.9 Å². The molecular weight excluding hydrogens is 272 g/mol. The summed E-state index contributed by atoms with van der Waals surface area (Å²) in [5.41, 5.74) is 0.227. The number of benzene rings is 1. The highest BCUT2D eigenvalue weighted by Crippen LogP contribution is 2.25. The summed E-state index contributed by atoms with van der Waals surface area (Å²) in [6, 6.07) is 3.79. The summed E-state index contributed by atoms with van der Waals surface area (Å²) in [6.45, 7) is 2.77. The van der Waals surface area contributed by atoms with Crippen LogP contribution in [0.1, 0.15) is 55.8 Å². The van der Waals surface area contributed by atoms with E-state index in [0.29, 0.717) is 6.54 Å². The molecule has 1 rings (SSSR count). The van der Waals surface area contributed by atoms with Crippen molar-refractivity contribution in [1.82, 2.24) is 0 Å². The number of nitrogens with one attached hydrogen (secondary N) is 1. The molecule has 0 aliphatic heterocycles. The van der Waals surface area contributed by atoms with Gasteiger partial charge in [-0.1, -0.05) is 39.0 Å². The van der Waals surface area contributed by atoms with Crippen molar-refractivity contribution in [2.75, 3.05) is 11.9 Å². The lowest BCUT2D eigenvalue weighted by Gasteiger charge is -2.08. The summed E-state index contributed by atoms with van der Waals surface area (Å²) in [6.07, 6.45) is 6.79. The van der Waals surface area contributed by atoms with Gasteiger partial charge in [0.15, 0.2) is 0 Å². The molecular formula is C15H22N2O4. The second-order valence-corrected chi connectivity index (χ2v) is 4.99. The smallest absolute Gasteiger partial charge is 0.335 e. The van der Waals surface area contributed by atoms with E-state index in [4.69, 9.17) is 5.11 Å². The number of rotatable bonds is 10. The lowest BCUT2D eigenvalue weighted by molar-refractivity contribution is -0.384. The number of hydrogen-bond acceptors (Lipinski definition) is 4. The highest BCUT2D eigenvalue weighted by Gasteiger charge is 2.15. The maximum absolute atomic E-state index is 10.9. The highest BCUT2D eigenvalue weighted by molar-refractivity contribution is 5.90. The molecule has 116 valence electrons. The molecule has 2 N–H and O–H groups in total. The molecule has 0 spiro atoms. The molecule has 0 saturated heterocycles. The van der Waals surface area contributed by atoms with Gasteiger partial charge in [0, 0.05) is 12.6 Å². The van der Waals surface area contributed by atoms with E-state index in [1.54, 1.807) is 0 Å². The largest absolute Gasteiger partial charge is 0.478 e. The topological polar surface area (TPSA) is 92.5 Å². The molecule has 0 amide bonds. The predicted molar refractivity (Wildman–Crippen MR) is 81.9 cm³/mol. The lowest BCUT2D eigenvalue weighted by atomic mass is 10.1. The molecule has 21 heavy (non-hydrogen) atoms. The van der Waals surface area contributed by atoms with Crippen molar-refractivity contribution in [1.29, 1.82) is 0 Å². The second-order valence-electron chi connectivity index (χ2n) is 4.99. The number of nitro groups is 1. The first kappa shape index (κ1) is 16.9. The minimum Gasteiger partial charge on any atom is -0.478 e. The van der Waals surface area contributed by atoms with Crippen LogP contribution in [0.5, 0.6) is 0 Å². The minimum absolute atomic E-state index is 0.0473. The number of carboxylic acids is 1. The van der Waals surface area contributed by atoms with Gasteiger partial charge in [0.2, 0.25) is 0 Å². The Morgan fingerprint density at radius 2 is 1.90 bits per heavy atom. The van der Waals surface area contributed by atoms with Gasteiger partial charge in [-0.05, 0) is 18.6 Å². The number of nitro benzene ring substituents is 1. The first-order valence-electron chi connectivity index (χ1n) is 7.32. The van der Waals surface area contributed by atoms with Crippen LogP contribution < -0.4 is 5.32 Å². The summed E-state index contributed by atoms with van der Waals surface area (Å²) in [4.78, 5) is 21.3. The predicted octanol–water partition coefficient (Wildman–Crippen LogP) is 4.07. The van der Waals surface area contributed by atoms with Crippen LogP contribution in [0.25, 0.3) is 0 Å². The Balaban J connectivity index is 2.53. The number of carboxylic acid groups (broad SMARTS) is 1. The van der Waals surface area contributed by atoms with Gasteiger partial charge in [0.05, 0.1) is 10.5 Å². The van der Waals surface area contributed by atoms with Crippen molar-refractivity contribution in [3.05, 3.63) is 33.9 Å². The molecule has 0 atom stereocenters. The quantitative estimate of drug-likeness (QED) is 0.385. The number of hydrogen-bond donors (Lipinski definition) is 2. The van der Waals surface area contributed by atoms with Crippen LogP contribution in [0.3, 0.4) is 0 Å². The molecule has 0 fully saturated rings. The molecule has 1 aromatic carbocycles. The molecule has 0 unspecified atom stereocenters. The van der Waals surface area contributed by atoms with Gasteiger partial charge in [0.25, 0.3) is 5.69 Å². The van der Waals surface area contributed by atoms with Gasteiger partial charge in [-0.25, -0.2) is 4.79 Å². The third kappa shape index (κ3) is 5.81. The highest BCUT2D eigenvalue weighted by atomic mass is 16.6. The molecule has 0 aromatic heterocycles. The zero-order valence-electron chi connectivity index (χ0n) is 12.3. The summed E-state index contributed by atoms with van der Waals surface area (Å²) in [5.74, 6) is -1.09. The summed E-state index contributed by atoms with van der Waals surface area (Å²) >= 11 is 0. The van der Waals surface area contributed by atoms with E-state index in [1.807, 2.05) is 0 Å². The molecule has 0 radical (unpaired) electrons. The monoisotopic (exact) mass is 294 g/mol. The van der Waals surface area contributed by atoms with E-state index >= 15 is 0 Å². The number of anilines is 1. The van der Waals surface area contributed by atoms with Crippen molar-refractivity contribution < 1.29 is 14.8 Å². The van der Waals surface area contributed by atoms with Crippen LogP contribution in [0, 0.1) is 10.1 Å². The third-order valence-electron chi connectivity index (χ3n) is 3.29. The fourth-order valence-electron chi connectivity index (χ4n) is 2.10. The maximum atomic E-state index is 10.9. The average Bonchev–Trinajstić information content (AvgIpc) is 2.45. The Labute approximate surface area is 124 Å². The summed E-state index contributed by atoms with van der Waals surface area (Å²) < 4.78 is 0. The Kier molecular flexibility index (Phi) is 7.21. The van der Waals surface area contributed by atoms with Gasteiger partial charge >= 0.3 is 5.97 Å². The zero-order chi connectivity index (χ0) is 15.7. The molecule has 0 heterocycles. The average molecular weight is 294 g/mol.